The summed E-state index contributed by atoms with van der Waals surface area (Å²) in [4.78, 5) is 23.2. The third kappa shape index (κ3) is 4.81. The summed E-state index contributed by atoms with van der Waals surface area (Å²) in [5.74, 6) is -0.569. The number of carbonyl (C=O) groups excluding carboxylic acids is 1. The molecule has 1 heterocycles. The minimum atomic E-state index is -4.09. The molecule has 0 spiro atoms. The lowest BCUT2D eigenvalue weighted by Crippen LogP contribution is -2.47. The van der Waals surface area contributed by atoms with Crippen molar-refractivity contribution in [2.75, 3.05) is 5.32 Å². The van der Waals surface area contributed by atoms with Gasteiger partial charge in [-0.2, -0.15) is 0 Å². The molecule has 0 fully saturated rings. The van der Waals surface area contributed by atoms with Crippen molar-refractivity contribution in [3.05, 3.63) is 50.7 Å². The van der Waals surface area contributed by atoms with Gasteiger partial charge in [-0.15, -0.1) is 11.3 Å². The van der Waals surface area contributed by atoms with Crippen LogP contribution >= 0.6 is 11.3 Å². The first-order chi connectivity index (χ1) is 12.4. The number of benzene rings is 1. The highest BCUT2D eigenvalue weighted by molar-refractivity contribution is 7.89. The Balaban J connectivity index is 2.47. The standard InChI is InChI=1S/C16H20N4O5S2/c1-16(2,15(17)21)14(8-10-4-3-7-26-10)19-12-6-5-11(27(18,24)25)9-13(12)20(22)23/h3-7,9,14,19H,8H2,1-2H3,(H2,17,21)(H2,18,24,25). The molecule has 0 radical (unpaired) electrons. The van der Waals surface area contributed by atoms with Gasteiger partial charge in [0.15, 0.2) is 0 Å². The lowest BCUT2D eigenvalue weighted by atomic mass is 9.81. The fourth-order valence-corrected chi connectivity index (χ4v) is 3.72. The Morgan fingerprint density at radius 3 is 2.52 bits per heavy atom. The predicted molar refractivity (Wildman–Crippen MR) is 103 cm³/mol. The van der Waals surface area contributed by atoms with Crippen LogP contribution in [0.4, 0.5) is 11.4 Å². The molecule has 1 amide bonds. The first-order valence-corrected chi connectivity index (χ1v) is 10.3. The monoisotopic (exact) mass is 412 g/mol. The van der Waals surface area contributed by atoms with E-state index >= 15 is 0 Å². The van der Waals surface area contributed by atoms with Crippen LogP contribution in [0.15, 0.2) is 40.6 Å². The molecule has 9 nitrogen and oxygen atoms in total. The molecule has 1 aromatic carbocycles. The average molecular weight is 412 g/mol. The number of amides is 1. The zero-order valence-electron chi connectivity index (χ0n) is 14.7. The van der Waals surface area contributed by atoms with Crippen LogP contribution in [0.2, 0.25) is 0 Å². The van der Waals surface area contributed by atoms with Crippen LogP contribution in [0.5, 0.6) is 0 Å². The van der Waals surface area contributed by atoms with Crippen molar-refractivity contribution in [1.29, 1.82) is 0 Å². The van der Waals surface area contributed by atoms with Gasteiger partial charge in [-0.1, -0.05) is 6.07 Å². The molecule has 0 aliphatic heterocycles. The SMILES string of the molecule is CC(C)(C(N)=O)C(Cc1cccs1)Nc1ccc(S(N)(=O)=O)cc1[N+](=O)[O-]. The molecule has 1 atom stereocenters. The molecule has 0 aliphatic rings. The van der Waals surface area contributed by atoms with E-state index in [1.165, 1.54) is 23.5 Å². The number of hydrogen-bond acceptors (Lipinski definition) is 7. The van der Waals surface area contributed by atoms with E-state index in [1.807, 2.05) is 17.5 Å². The number of nitrogens with one attached hydrogen (secondary N) is 1. The highest BCUT2D eigenvalue weighted by Crippen LogP contribution is 2.33. The second kappa shape index (κ2) is 7.62. The van der Waals surface area contributed by atoms with Crippen LogP contribution in [-0.2, 0) is 21.2 Å². The Labute approximate surface area is 160 Å². The highest BCUT2D eigenvalue weighted by atomic mass is 32.2. The smallest absolute Gasteiger partial charge is 0.293 e. The van der Waals surface area contributed by atoms with Gasteiger partial charge >= 0.3 is 0 Å². The zero-order valence-corrected chi connectivity index (χ0v) is 16.3. The van der Waals surface area contributed by atoms with Gasteiger partial charge < -0.3 is 11.1 Å². The number of nitro benzene ring substituents is 1. The first kappa shape index (κ1) is 20.8. The minimum absolute atomic E-state index is 0.0725. The quantitative estimate of drug-likeness (QED) is 0.443. The van der Waals surface area contributed by atoms with E-state index in [0.717, 1.165) is 10.9 Å². The molecule has 2 aromatic rings. The fourth-order valence-electron chi connectivity index (χ4n) is 2.44. The Morgan fingerprint density at radius 2 is 2.04 bits per heavy atom. The summed E-state index contributed by atoms with van der Waals surface area (Å²) in [5.41, 5.74) is 4.11. The number of carbonyl (C=O) groups is 1. The van der Waals surface area contributed by atoms with Crippen molar-refractivity contribution in [3.8, 4) is 0 Å². The molecule has 0 saturated carbocycles. The minimum Gasteiger partial charge on any atom is -0.375 e. The number of anilines is 1. The molecule has 1 unspecified atom stereocenters. The molecule has 5 N–H and O–H groups in total. The number of primary sulfonamides is 1. The normalized spacial score (nSPS) is 13.1. The number of primary amides is 1. The van der Waals surface area contributed by atoms with Gasteiger partial charge in [-0.25, -0.2) is 13.6 Å². The molecule has 146 valence electrons. The molecule has 2 rings (SSSR count). The fraction of sp³-hybridized carbons (Fsp3) is 0.312. The second-order valence-corrected chi connectivity index (χ2v) is 9.14. The zero-order chi connectivity index (χ0) is 20.4. The van der Waals surface area contributed by atoms with Crippen LogP contribution in [0, 0.1) is 15.5 Å². The number of rotatable bonds is 8. The number of nitrogens with two attached hydrogens (primary N) is 2. The predicted octanol–water partition coefficient (Wildman–Crippen LogP) is 1.84. The van der Waals surface area contributed by atoms with Gasteiger partial charge in [0.05, 0.1) is 15.2 Å². The van der Waals surface area contributed by atoms with E-state index in [4.69, 9.17) is 10.9 Å². The number of hydrogen-bond donors (Lipinski definition) is 3. The summed E-state index contributed by atoms with van der Waals surface area (Å²) in [6.45, 7) is 3.29. The van der Waals surface area contributed by atoms with E-state index in [-0.39, 0.29) is 10.6 Å². The second-order valence-electron chi connectivity index (χ2n) is 6.55. The maximum absolute atomic E-state index is 11.9. The lowest BCUT2D eigenvalue weighted by Gasteiger charge is -2.32. The summed E-state index contributed by atoms with van der Waals surface area (Å²) < 4.78 is 23.0. The van der Waals surface area contributed by atoms with E-state index in [2.05, 4.69) is 5.32 Å². The molecule has 11 heteroatoms. The summed E-state index contributed by atoms with van der Waals surface area (Å²) in [6, 6.07) is 6.50. The van der Waals surface area contributed by atoms with Crippen molar-refractivity contribution >= 4 is 38.6 Å². The molecule has 27 heavy (non-hydrogen) atoms. The van der Waals surface area contributed by atoms with Crippen molar-refractivity contribution in [3.63, 3.8) is 0 Å². The van der Waals surface area contributed by atoms with Crippen molar-refractivity contribution < 1.29 is 18.1 Å². The Bertz CT molecular complexity index is 955. The summed E-state index contributed by atoms with van der Waals surface area (Å²) in [7, 11) is -4.09. The summed E-state index contributed by atoms with van der Waals surface area (Å²) >= 11 is 1.48. The van der Waals surface area contributed by atoms with Gasteiger partial charge in [-0.05, 0) is 37.4 Å². The van der Waals surface area contributed by atoms with Crippen LogP contribution in [0.1, 0.15) is 18.7 Å². The number of sulfonamides is 1. The largest absolute Gasteiger partial charge is 0.375 e. The maximum atomic E-state index is 11.9. The van der Waals surface area contributed by atoms with Gasteiger partial charge in [0.2, 0.25) is 15.9 Å². The van der Waals surface area contributed by atoms with Crippen LogP contribution in [0.25, 0.3) is 0 Å². The van der Waals surface area contributed by atoms with Gasteiger partial charge in [0.1, 0.15) is 5.69 Å². The van der Waals surface area contributed by atoms with Crippen LogP contribution in [0.3, 0.4) is 0 Å². The maximum Gasteiger partial charge on any atom is 0.293 e. The third-order valence-electron chi connectivity index (χ3n) is 4.32. The van der Waals surface area contributed by atoms with Crippen LogP contribution < -0.4 is 16.2 Å². The number of nitrogens with zero attached hydrogens (tertiary/aromatic N) is 1. The van der Waals surface area contributed by atoms with Crippen LogP contribution in [-0.4, -0.2) is 25.3 Å². The van der Waals surface area contributed by atoms with Crippen molar-refractivity contribution in [1.82, 2.24) is 0 Å². The molecule has 0 aliphatic carbocycles. The molecule has 1 aromatic heterocycles. The molecule has 0 bridgehead atoms. The lowest BCUT2D eigenvalue weighted by molar-refractivity contribution is -0.384. The van der Waals surface area contributed by atoms with E-state index < -0.39 is 38.0 Å². The first-order valence-electron chi connectivity index (χ1n) is 7.83. The van der Waals surface area contributed by atoms with Crippen molar-refractivity contribution in [2.45, 2.75) is 31.2 Å². The molecular formula is C16H20N4O5S2. The number of nitro groups is 1. The van der Waals surface area contributed by atoms with Gasteiger partial charge in [0, 0.05) is 23.4 Å². The van der Waals surface area contributed by atoms with E-state index in [9.17, 15) is 23.3 Å². The van der Waals surface area contributed by atoms with Crippen molar-refractivity contribution in [2.24, 2.45) is 16.3 Å². The summed E-state index contributed by atoms with van der Waals surface area (Å²) in [5, 5.41) is 21.3. The number of thiophene rings is 1. The van der Waals surface area contributed by atoms with Gasteiger partial charge in [-0.3, -0.25) is 14.9 Å². The topological polar surface area (TPSA) is 158 Å². The van der Waals surface area contributed by atoms with Gasteiger partial charge in [0.25, 0.3) is 5.69 Å². The Hall–Kier alpha value is -2.50. The Kier molecular flexibility index (Phi) is 5.88. The average Bonchev–Trinajstić information content (AvgIpc) is 3.06. The highest BCUT2D eigenvalue weighted by Gasteiger charge is 2.36. The molecular weight excluding hydrogens is 392 g/mol. The Morgan fingerprint density at radius 1 is 1.37 bits per heavy atom. The van der Waals surface area contributed by atoms with E-state index in [1.54, 1.807) is 13.8 Å². The van der Waals surface area contributed by atoms with E-state index in [0.29, 0.717) is 6.42 Å². The molecule has 0 saturated heterocycles. The third-order valence-corrected chi connectivity index (χ3v) is 6.13. The summed E-state index contributed by atoms with van der Waals surface area (Å²) in [6.07, 6.45) is 0.404.